The summed E-state index contributed by atoms with van der Waals surface area (Å²) < 4.78 is 0. The van der Waals surface area contributed by atoms with Crippen molar-refractivity contribution in [2.75, 3.05) is 0 Å². The van der Waals surface area contributed by atoms with Gasteiger partial charge < -0.3 is 0 Å². The molecule has 0 saturated carbocycles. The molecule has 6 heavy (non-hydrogen) atoms. The van der Waals surface area contributed by atoms with Crippen molar-refractivity contribution >= 4 is 59.5 Å². The monoisotopic (exact) mass is 128 g/mol. The number of hydrogen-bond acceptors (Lipinski definition) is 0. The molecule has 0 unspecified atom stereocenters. The van der Waals surface area contributed by atoms with E-state index >= 15 is 0 Å². The predicted octanol–water partition coefficient (Wildman–Crippen LogP) is 1.31. The summed E-state index contributed by atoms with van der Waals surface area (Å²) in [5.74, 6) is 0. The van der Waals surface area contributed by atoms with Crippen molar-refractivity contribution in [3.8, 4) is 0 Å². The van der Waals surface area contributed by atoms with E-state index in [1.807, 2.05) is 0 Å². The van der Waals surface area contributed by atoms with Gasteiger partial charge in [-0.15, -0.1) is 0 Å². The van der Waals surface area contributed by atoms with Crippen LogP contribution >= 0.6 is 0 Å². The van der Waals surface area contributed by atoms with Gasteiger partial charge in [0.25, 0.3) is 0 Å². The summed E-state index contributed by atoms with van der Waals surface area (Å²) in [4.78, 5) is 0. The van der Waals surface area contributed by atoms with E-state index in [2.05, 4.69) is 26.2 Å². The molecule has 2 heteroatoms. The average Bonchev–Trinajstić information content (AvgIpc) is 0.722. The van der Waals surface area contributed by atoms with Crippen molar-refractivity contribution in [2.45, 2.75) is 26.2 Å². The van der Waals surface area contributed by atoms with Gasteiger partial charge >= 0.3 is 51.4 Å². The molecule has 0 amide bonds. The molecule has 0 aliphatic carbocycles. The molecule has 34 valence electrons. The van der Waals surface area contributed by atoms with Crippen molar-refractivity contribution in [3.05, 3.63) is 0 Å². The second-order valence-corrected chi connectivity index (χ2v) is 9.00. The summed E-state index contributed by atoms with van der Waals surface area (Å²) in [6, 6.07) is 0. The van der Waals surface area contributed by atoms with E-state index < -0.39 is 8.07 Å². The van der Waals surface area contributed by atoms with Crippen LogP contribution in [0, 0.1) is 0 Å². The molecule has 0 aliphatic rings. The summed E-state index contributed by atoms with van der Waals surface area (Å²) in [5.41, 5.74) is 0. The zero-order chi connectivity index (χ0) is 4.50. The molecule has 0 heterocycles. The van der Waals surface area contributed by atoms with Gasteiger partial charge in [0, 0.05) is 8.07 Å². The quantitative estimate of drug-likeness (QED) is 0.432. The third kappa shape index (κ3) is 40.1. The maximum absolute atomic E-state index is 2.33. The Balaban J connectivity index is 0. The third-order valence-electron chi connectivity index (χ3n) is 0. The zero-order valence-electron chi connectivity index (χ0n) is 4.50. The van der Waals surface area contributed by atoms with Gasteiger partial charge in [0.1, 0.15) is 0 Å². The molecule has 0 fully saturated rings. The minimum atomic E-state index is -0.611. The topological polar surface area (TPSA) is 0 Å². The standard InChI is InChI=1S/C4H12Si.K.H/c1-5(2,3)4;;/h1-4H3;;. The Morgan fingerprint density at radius 2 is 0.833 bits per heavy atom. The van der Waals surface area contributed by atoms with Gasteiger partial charge in [-0.2, -0.15) is 0 Å². The molecule has 0 rings (SSSR count). The first-order valence-corrected chi connectivity index (χ1v) is 6.00. The van der Waals surface area contributed by atoms with Crippen molar-refractivity contribution in [1.82, 2.24) is 0 Å². The zero-order valence-corrected chi connectivity index (χ0v) is 5.50. The van der Waals surface area contributed by atoms with E-state index in [0.29, 0.717) is 0 Å². The fourth-order valence-electron chi connectivity index (χ4n) is 0. The molecule has 0 bridgehead atoms. The van der Waals surface area contributed by atoms with Crippen LogP contribution in [-0.4, -0.2) is 59.5 Å². The van der Waals surface area contributed by atoms with Crippen LogP contribution in [0.25, 0.3) is 0 Å². The van der Waals surface area contributed by atoms with Crippen molar-refractivity contribution in [3.63, 3.8) is 0 Å². The molecule has 0 saturated heterocycles. The molecule has 0 aromatic rings. The first-order chi connectivity index (χ1) is 2.00. The number of rotatable bonds is 0. The van der Waals surface area contributed by atoms with Crippen LogP contribution in [0.5, 0.6) is 0 Å². The average molecular weight is 128 g/mol. The second-order valence-electron chi connectivity index (χ2n) is 3.00. The molecule has 0 atom stereocenters. The predicted molar refractivity (Wildman–Crippen MR) is 36.4 cm³/mol. The molecule has 0 radical (unpaired) electrons. The Hall–Kier alpha value is 1.85. The second kappa shape index (κ2) is 3.81. The molecule has 0 spiro atoms. The Morgan fingerprint density at radius 1 is 0.833 bits per heavy atom. The maximum atomic E-state index is 2.33. The first kappa shape index (κ1) is 10.8. The van der Waals surface area contributed by atoms with Crippen molar-refractivity contribution in [1.29, 1.82) is 0 Å². The van der Waals surface area contributed by atoms with Gasteiger partial charge in [-0.25, -0.2) is 0 Å². The van der Waals surface area contributed by atoms with Crippen LogP contribution in [0.2, 0.25) is 26.2 Å². The normalized spacial score (nSPS) is 10.0. The van der Waals surface area contributed by atoms with Crippen LogP contribution in [0.3, 0.4) is 0 Å². The molecule has 0 aromatic carbocycles. The molecule has 0 nitrogen and oxygen atoms in total. The SMILES string of the molecule is C[Si](C)(C)C.[KH]. The third-order valence-corrected chi connectivity index (χ3v) is 0. The summed E-state index contributed by atoms with van der Waals surface area (Å²) in [6.45, 7) is 9.31. The van der Waals surface area contributed by atoms with Crippen molar-refractivity contribution < 1.29 is 0 Å². The first-order valence-electron chi connectivity index (χ1n) is 2.00. The summed E-state index contributed by atoms with van der Waals surface area (Å²) in [5, 5.41) is 0. The van der Waals surface area contributed by atoms with E-state index in [1.54, 1.807) is 0 Å². The van der Waals surface area contributed by atoms with Gasteiger partial charge in [0.2, 0.25) is 0 Å². The van der Waals surface area contributed by atoms with E-state index in [1.165, 1.54) is 0 Å². The van der Waals surface area contributed by atoms with Gasteiger partial charge in [-0.05, 0) is 0 Å². The molecule has 0 aliphatic heterocycles. The fourth-order valence-corrected chi connectivity index (χ4v) is 0. The van der Waals surface area contributed by atoms with E-state index in [-0.39, 0.29) is 51.4 Å². The summed E-state index contributed by atoms with van der Waals surface area (Å²) in [6.07, 6.45) is 0. The van der Waals surface area contributed by atoms with Crippen LogP contribution in [0.4, 0.5) is 0 Å². The fraction of sp³-hybridized carbons (Fsp3) is 1.00. The molecule has 0 aromatic heterocycles. The van der Waals surface area contributed by atoms with Crippen LogP contribution < -0.4 is 0 Å². The van der Waals surface area contributed by atoms with E-state index in [4.69, 9.17) is 0 Å². The number of hydrogen-bond donors (Lipinski definition) is 0. The molecule has 0 N–H and O–H groups in total. The summed E-state index contributed by atoms with van der Waals surface area (Å²) >= 11 is 0. The van der Waals surface area contributed by atoms with Crippen molar-refractivity contribution in [2.24, 2.45) is 0 Å². The molecular formula is C4H13KSi. The minimum absolute atomic E-state index is 0. The Labute approximate surface area is 84.1 Å². The van der Waals surface area contributed by atoms with Crippen LogP contribution in [0.1, 0.15) is 0 Å². The van der Waals surface area contributed by atoms with E-state index in [9.17, 15) is 0 Å². The summed E-state index contributed by atoms with van der Waals surface area (Å²) in [7, 11) is -0.611. The van der Waals surface area contributed by atoms with Gasteiger partial charge in [-0.3, -0.25) is 0 Å². The molecular weight excluding hydrogens is 115 g/mol. The van der Waals surface area contributed by atoms with Crippen LogP contribution in [-0.2, 0) is 0 Å². The van der Waals surface area contributed by atoms with Crippen LogP contribution in [0.15, 0.2) is 0 Å². The van der Waals surface area contributed by atoms with Gasteiger partial charge in [0.15, 0.2) is 0 Å². The Kier molecular flexibility index (Phi) is 6.83. The Bertz CT molecular complexity index is 23.0. The van der Waals surface area contributed by atoms with E-state index in [0.717, 1.165) is 0 Å². The van der Waals surface area contributed by atoms with Gasteiger partial charge in [0.05, 0.1) is 0 Å². The van der Waals surface area contributed by atoms with Gasteiger partial charge in [-0.1, -0.05) is 26.2 Å². The Morgan fingerprint density at radius 3 is 0.833 bits per heavy atom.